The molecule has 16 heavy (non-hydrogen) atoms. The van der Waals surface area contributed by atoms with Crippen LogP contribution in [0, 0.1) is 23.4 Å². The Morgan fingerprint density at radius 1 is 0.938 bits per heavy atom. The number of rotatable bonds is 1. The summed E-state index contributed by atoms with van der Waals surface area (Å²) in [5.74, 6) is -2.65. The van der Waals surface area contributed by atoms with Crippen LogP contribution < -0.4 is 0 Å². The van der Waals surface area contributed by atoms with E-state index in [-0.39, 0.29) is 5.92 Å². The second-order valence-corrected chi connectivity index (χ2v) is 4.76. The van der Waals surface area contributed by atoms with Crippen LogP contribution in [0.3, 0.4) is 0 Å². The third-order valence-corrected chi connectivity index (χ3v) is 3.49. The molecule has 3 heteroatoms. The molecular formula is C13H15F3. The van der Waals surface area contributed by atoms with Gasteiger partial charge in [-0.2, -0.15) is 0 Å². The molecule has 0 spiro atoms. The minimum atomic E-state index is -1.37. The highest BCUT2D eigenvalue weighted by Crippen LogP contribution is 2.36. The number of halogens is 3. The maximum Gasteiger partial charge on any atom is 0.194 e. The van der Waals surface area contributed by atoms with Gasteiger partial charge in [0.15, 0.2) is 17.5 Å². The van der Waals surface area contributed by atoms with E-state index < -0.39 is 17.5 Å². The minimum Gasteiger partial charge on any atom is -0.204 e. The second-order valence-electron chi connectivity index (χ2n) is 4.76. The van der Waals surface area contributed by atoms with Gasteiger partial charge in [0.25, 0.3) is 0 Å². The summed E-state index contributed by atoms with van der Waals surface area (Å²) >= 11 is 0. The van der Waals surface area contributed by atoms with Crippen LogP contribution in [-0.4, -0.2) is 0 Å². The van der Waals surface area contributed by atoms with Crippen molar-refractivity contribution in [2.75, 3.05) is 0 Å². The Morgan fingerprint density at radius 2 is 1.44 bits per heavy atom. The first-order chi connectivity index (χ1) is 7.58. The van der Waals surface area contributed by atoms with Crippen LogP contribution in [-0.2, 0) is 0 Å². The van der Waals surface area contributed by atoms with Gasteiger partial charge in [-0.25, -0.2) is 13.2 Å². The van der Waals surface area contributed by atoms with Gasteiger partial charge < -0.3 is 0 Å². The summed E-state index contributed by atoms with van der Waals surface area (Å²) in [6, 6.07) is 2.28. The first-order valence-corrected chi connectivity index (χ1v) is 5.72. The summed E-state index contributed by atoms with van der Waals surface area (Å²) in [7, 11) is 0. The lowest BCUT2D eigenvalue weighted by atomic mass is 9.79. The maximum atomic E-state index is 13.1. The highest BCUT2D eigenvalue weighted by Gasteiger charge is 2.22. The van der Waals surface area contributed by atoms with E-state index in [9.17, 15) is 13.2 Å². The molecule has 88 valence electrons. The number of hydrogen-bond donors (Lipinski definition) is 0. The normalized spacial score (nSPS) is 25.8. The SMILES string of the molecule is C[C@H]1CC[C@H](c2cc(F)c(F)c(F)c2)CC1. The molecule has 0 aliphatic heterocycles. The van der Waals surface area contributed by atoms with Crippen molar-refractivity contribution < 1.29 is 13.2 Å². The molecule has 1 saturated carbocycles. The molecule has 0 saturated heterocycles. The summed E-state index contributed by atoms with van der Waals surface area (Å²) in [5, 5.41) is 0. The quantitative estimate of drug-likeness (QED) is 0.625. The summed E-state index contributed by atoms with van der Waals surface area (Å²) in [5.41, 5.74) is 0.600. The summed E-state index contributed by atoms with van der Waals surface area (Å²) in [6.07, 6.45) is 4.02. The predicted octanol–water partition coefficient (Wildman–Crippen LogP) is 4.40. The Bertz CT molecular complexity index is 356. The molecular weight excluding hydrogens is 213 g/mol. The van der Waals surface area contributed by atoms with Gasteiger partial charge in [0.05, 0.1) is 0 Å². The van der Waals surface area contributed by atoms with Crippen LogP contribution in [0.4, 0.5) is 13.2 Å². The van der Waals surface area contributed by atoms with Gasteiger partial charge in [-0.15, -0.1) is 0 Å². The Kier molecular flexibility index (Phi) is 3.22. The smallest absolute Gasteiger partial charge is 0.194 e. The van der Waals surface area contributed by atoms with Crippen LogP contribution in [0.5, 0.6) is 0 Å². The van der Waals surface area contributed by atoms with Gasteiger partial charge >= 0.3 is 0 Å². The Hall–Kier alpha value is -0.990. The van der Waals surface area contributed by atoms with Crippen molar-refractivity contribution in [1.82, 2.24) is 0 Å². The molecule has 0 bridgehead atoms. The van der Waals surface area contributed by atoms with Crippen LogP contribution in [0.1, 0.15) is 44.1 Å². The number of benzene rings is 1. The molecule has 0 unspecified atom stereocenters. The van der Waals surface area contributed by atoms with Gasteiger partial charge in [0.1, 0.15) is 0 Å². The van der Waals surface area contributed by atoms with Crippen LogP contribution in [0.15, 0.2) is 12.1 Å². The van der Waals surface area contributed by atoms with Crippen LogP contribution >= 0.6 is 0 Å². The first kappa shape index (κ1) is 11.5. The van der Waals surface area contributed by atoms with Gasteiger partial charge in [-0.05, 0) is 42.4 Å². The zero-order valence-corrected chi connectivity index (χ0v) is 9.27. The minimum absolute atomic E-state index is 0.181. The predicted molar refractivity (Wildman–Crippen MR) is 56.7 cm³/mol. The lowest BCUT2D eigenvalue weighted by molar-refractivity contribution is 0.345. The highest BCUT2D eigenvalue weighted by atomic mass is 19.2. The fourth-order valence-corrected chi connectivity index (χ4v) is 2.40. The van der Waals surface area contributed by atoms with Crippen LogP contribution in [0.2, 0.25) is 0 Å². The molecule has 1 aromatic rings. The molecule has 1 fully saturated rings. The summed E-state index contributed by atoms with van der Waals surface area (Å²) in [4.78, 5) is 0. The van der Waals surface area contributed by atoms with Gasteiger partial charge in [0, 0.05) is 0 Å². The van der Waals surface area contributed by atoms with Crippen molar-refractivity contribution in [2.45, 2.75) is 38.5 Å². The topological polar surface area (TPSA) is 0 Å². The fourth-order valence-electron chi connectivity index (χ4n) is 2.40. The van der Waals surface area contributed by atoms with Crippen LogP contribution in [0.25, 0.3) is 0 Å². The van der Waals surface area contributed by atoms with E-state index in [1.54, 1.807) is 0 Å². The van der Waals surface area contributed by atoms with Crippen molar-refractivity contribution in [1.29, 1.82) is 0 Å². The Balaban J connectivity index is 2.21. The van der Waals surface area contributed by atoms with E-state index >= 15 is 0 Å². The summed E-state index contributed by atoms with van der Waals surface area (Å²) < 4.78 is 38.9. The van der Waals surface area contributed by atoms with Crippen molar-refractivity contribution in [2.24, 2.45) is 5.92 Å². The largest absolute Gasteiger partial charge is 0.204 e. The van der Waals surface area contributed by atoms with Gasteiger partial charge in [0.2, 0.25) is 0 Å². The molecule has 0 heterocycles. The lowest BCUT2D eigenvalue weighted by Crippen LogP contribution is -2.11. The van der Waals surface area contributed by atoms with Crippen molar-refractivity contribution in [3.8, 4) is 0 Å². The van der Waals surface area contributed by atoms with Gasteiger partial charge in [-0.1, -0.05) is 19.8 Å². The van der Waals surface area contributed by atoms with E-state index in [1.807, 2.05) is 0 Å². The molecule has 1 aliphatic carbocycles. The molecule has 1 aromatic carbocycles. The number of hydrogen-bond acceptors (Lipinski definition) is 0. The maximum absolute atomic E-state index is 13.1. The molecule has 0 amide bonds. The molecule has 2 rings (SSSR count). The molecule has 0 nitrogen and oxygen atoms in total. The second kappa shape index (κ2) is 4.48. The third-order valence-electron chi connectivity index (χ3n) is 3.49. The van der Waals surface area contributed by atoms with Crippen molar-refractivity contribution in [3.63, 3.8) is 0 Å². The average molecular weight is 228 g/mol. The molecule has 0 aromatic heterocycles. The van der Waals surface area contributed by atoms with Crippen molar-refractivity contribution in [3.05, 3.63) is 35.1 Å². The molecule has 0 N–H and O–H groups in total. The Labute approximate surface area is 93.5 Å². The fraction of sp³-hybridized carbons (Fsp3) is 0.538. The molecule has 0 radical (unpaired) electrons. The monoisotopic (exact) mass is 228 g/mol. The molecule has 0 atom stereocenters. The van der Waals surface area contributed by atoms with E-state index in [4.69, 9.17) is 0 Å². The Morgan fingerprint density at radius 3 is 1.94 bits per heavy atom. The standard InChI is InChI=1S/C13H15F3/c1-8-2-4-9(5-3-8)10-6-11(14)13(16)12(15)7-10/h6-9H,2-5H2,1H3/t8-,9-. The summed E-state index contributed by atoms with van der Waals surface area (Å²) in [6.45, 7) is 2.18. The van der Waals surface area contributed by atoms with E-state index in [0.29, 0.717) is 11.5 Å². The lowest BCUT2D eigenvalue weighted by Gasteiger charge is -2.26. The van der Waals surface area contributed by atoms with Crippen molar-refractivity contribution >= 4 is 0 Å². The zero-order chi connectivity index (χ0) is 11.7. The average Bonchev–Trinajstić information content (AvgIpc) is 2.26. The molecule has 1 aliphatic rings. The third kappa shape index (κ3) is 2.23. The van der Waals surface area contributed by atoms with E-state index in [0.717, 1.165) is 37.8 Å². The highest BCUT2D eigenvalue weighted by molar-refractivity contribution is 5.23. The van der Waals surface area contributed by atoms with Gasteiger partial charge in [-0.3, -0.25) is 0 Å². The van der Waals surface area contributed by atoms with E-state index in [2.05, 4.69) is 6.92 Å². The van der Waals surface area contributed by atoms with E-state index in [1.165, 1.54) is 0 Å². The zero-order valence-electron chi connectivity index (χ0n) is 9.27. The first-order valence-electron chi connectivity index (χ1n) is 5.72.